The van der Waals surface area contributed by atoms with Crippen molar-refractivity contribution in [3.05, 3.63) is 34.4 Å². The molecule has 0 fully saturated rings. The van der Waals surface area contributed by atoms with Gasteiger partial charge >= 0.3 is 0 Å². The van der Waals surface area contributed by atoms with Crippen LogP contribution in [0.3, 0.4) is 0 Å². The highest BCUT2D eigenvalue weighted by atomic mass is 14.9. The molecule has 0 bridgehead atoms. The quantitative estimate of drug-likeness (QED) is 0.639. The molecule has 13 heavy (non-hydrogen) atoms. The van der Waals surface area contributed by atoms with Crippen LogP contribution in [-0.4, -0.2) is 6.54 Å². The van der Waals surface area contributed by atoms with Crippen LogP contribution in [0.25, 0.3) is 0 Å². The van der Waals surface area contributed by atoms with Crippen molar-refractivity contribution in [2.75, 3.05) is 6.54 Å². The monoisotopic (exact) mass is 175 g/mol. The topological polar surface area (TPSA) is 12.0 Å². The predicted octanol–water partition coefficient (Wildman–Crippen LogP) is 2.51. The predicted molar refractivity (Wildman–Crippen MR) is 56.0 cm³/mol. The van der Waals surface area contributed by atoms with Crippen LogP contribution in [0, 0.1) is 13.8 Å². The second kappa shape index (κ2) is 3.15. The molecule has 0 aliphatic carbocycles. The van der Waals surface area contributed by atoms with Crippen LogP contribution in [0.2, 0.25) is 0 Å². The molecule has 1 aromatic rings. The maximum absolute atomic E-state index is 3.48. The maximum atomic E-state index is 3.48. The molecule has 70 valence electrons. The van der Waals surface area contributed by atoms with Gasteiger partial charge in [-0.25, -0.2) is 0 Å². The van der Waals surface area contributed by atoms with E-state index in [9.17, 15) is 0 Å². The molecule has 1 heterocycles. The fraction of sp³-hybridized carbons (Fsp3) is 0.500. The molecule has 0 aromatic heterocycles. The molecule has 1 aliphatic rings. The molecule has 1 heteroatoms. The number of hydrogen-bond acceptors (Lipinski definition) is 1. The highest BCUT2D eigenvalue weighted by Gasteiger charge is 2.15. The van der Waals surface area contributed by atoms with Gasteiger partial charge < -0.3 is 5.32 Å². The largest absolute Gasteiger partial charge is 0.310 e. The van der Waals surface area contributed by atoms with Gasteiger partial charge in [0.05, 0.1) is 0 Å². The van der Waals surface area contributed by atoms with E-state index in [1.165, 1.54) is 28.7 Å². The van der Waals surface area contributed by atoms with Crippen molar-refractivity contribution in [3.8, 4) is 0 Å². The number of nitrogens with one attached hydrogen (secondary N) is 1. The molecule has 0 radical (unpaired) electrons. The van der Waals surface area contributed by atoms with Crippen molar-refractivity contribution in [2.24, 2.45) is 0 Å². The summed E-state index contributed by atoms with van der Waals surface area (Å²) in [6.45, 7) is 7.75. The van der Waals surface area contributed by atoms with Gasteiger partial charge in [0.25, 0.3) is 0 Å². The number of rotatable bonds is 0. The van der Waals surface area contributed by atoms with Gasteiger partial charge in [-0.3, -0.25) is 0 Å². The van der Waals surface area contributed by atoms with Crippen molar-refractivity contribution in [3.63, 3.8) is 0 Å². The van der Waals surface area contributed by atoms with Gasteiger partial charge in [0, 0.05) is 6.04 Å². The molecule has 2 rings (SSSR count). The van der Waals surface area contributed by atoms with Gasteiger partial charge in [0.2, 0.25) is 0 Å². The Morgan fingerprint density at radius 2 is 1.92 bits per heavy atom. The first-order valence-electron chi connectivity index (χ1n) is 5.02. The zero-order valence-corrected chi connectivity index (χ0v) is 8.65. The minimum atomic E-state index is 0.531. The van der Waals surface area contributed by atoms with E-state index in [0.29, 0.717) is 6.04 Å². The van der Waals surface area contributed by atoms with Crippen LogP contribution in [0.4, 0.5) is 0 Å². The summed E-state index contributed by atoms with van der Waals surface area (Å²) in [5.41, 5.74) is 5.87. The summed E-state index contributed by atoms with van der Waals surface area (Å²) in [6.07, 6.45) is 1.18. The maximum Gasteiger partial charge on any atom is 0.0294 e. The Kier molecular flexibility index (Phi) is 2.12. The lowest BCUT2D eigenvalue weighted by Gasteiger charge is -2.25. The molecule has 1 atom stereocenters. The van der Waals surface area contributed by atoms with E-state index in [1.807, 2.05) is 0 Å². The van der Waals surface area contributed by atoms with Crippen LogP contribution in [0.15, 0.2) is 12.1 Å². The Balaban J connectivity index is 2.52. The molecule has 0 saturated heterocycles. The average Bonchev–Trinajstić information content (AvgIpc) is 2.09. The van der Waals surface area contributed by atoms with Crippen LogP contribution >= 0.6 is 0 Å². The fourth-order valence-electron chi connectivity index (χ4n) is 2.05. The number of aryl methyl sites for hydroxylation is 2. The van der Waals surface area contributed by atoms with Crippen molar-refractivity contribution >= 4 is 0 Å². The van der Waals surface area contributed by atoms with Crippen molar-refractivity contribution in [2.45, 2.75) is 33.2 Å². The lowest BCUT2D eigenvalue weighted by molar-refractivity contribution is 0.540. The summed E-state index contributed by atoms with van der Waals surface area (Å²) in [6, 6.07) is 5.21. The minimum absolute atomic E-state index is 0.531. The molecular formula is C12H17N. The zero-order chi connectivity index (χ0) is 9.42. The molecule has 1 N–H and O–H groups in total. The van der Waals surface area contributed by atoms with E-state index in [4.69, 9.17) is 0 Å². The summed E-state index contributed by atoms with van der Waals surface area (Å²) < 4.78 is 0. The van der Waals surface area contributed by atoms with Crippen molar-refractivity contribution < 1.29 is 0 Å². The number of hydrogen-bond donors (Lipinski definition) is 1. The first-order chi connectivity index (χ1) is 6.18. The Bertz CT molecular complexity index is 328. The van der Waals surface area contributed by atoms with Crippen LogP contribution in [0.1, 0.15) is 35.2 Å². The van der Waals surface area contributed by atoms with Gasteiger partial charge in [-0.2, -0.15) is 0 Å². The summed E-state index contributed by atoms with van der Waals surface area (Å²) in [7, 11) is 0. The summed E-state index contributed by atoms with van der Waals surface area (Å²) in [5.74, 6) is 0. The van der Waals surface area contributed by atoms with E-state index < -0.39 is 0 Å². The molecule has 0 amide bonds. The van der Waals surface area contributed by atoms with Gasteiger partial charge in [0.1, 0.15) is 0 Å². The van der Waals surface area contributed by atoms with Gasteiger partial charge in [-0.05, 0) is 56.0 Å². The van der Waals surface area contributed by atoms with E-state index in [0.717, 1.165) is 6.54 Å². The highest BCUT2D eigenvalue weighted by molar-refractivity contribution is 5.40. The van der Waals surface area contributed by atoms with E-state index >= 15 is 0 Å². The van der Waals surface area contributed by atoms with Crippen LogP contribution in [0.5, 0.6) is 0 Å². The lowest BCUT2D eigenvalue weighted by Crippen LogP contribution is -2.27. The second-order valence-electron chi connectivity index (χ2n) is 4.06. The van der Waals surface area contributed by atoms with Crippen molar-refractivity contribution in [1.29, 1.82) is 0 Å². The standard InChI is InChI=1S/C12H17N/c1-8-6-11-4-5-13-10(3)12(11)7-9(8)2/h6-7,10,13H,4-5H2,1-3H3/t10-/m1/s1. The number of fused-ring (bicyclic) bond motifs is 1. The first kappa shape index (κ1) is 8.76. The SMILES string of the molecule is Cc1cc2c(cc1C)[C@@H](C)NCC2. The van der Waals surface area contributed by atoms with E-state index in [2.05, 4.69) is 38.2 Å². The molecule has 1 aliphatic heterocycles. The molecule has 0 unspecified atom stereocenters. The summed E-state index contributed by atoms with van der Waals surface area (Å²) in [5, 5.41) is 3.48. The Hall–Kier alpha value is -0.820. The third-order valence-corrected chi connectivity index (χ3v) is 3.07. The normalized spacial score (nSPS) is 21.3. The minimum Gasteiger partial charge on any atom is -0.310 e. The van der Waals surface area contributed by atoms with Gasteiger partial charge in [-0.15, -0.1) is 0 Å². The van der Waals surface area contributed by atoms with Crippen LogP contribution in [-0.2, 0) is 6.42 Å². The Morgan fingerprint density at radius 3 is 2.69 bits per heavy atom. The van der Waals surface area contributed by atoms with Gasteiger partial charge in [0.15, 0.2) is 0 Å². The molecule has 1 aromatic carbocycles. The zero-order valence-electron chi connectivity index (χ0n) is 8.65. The van der Waals surface area contributed by atoms with Crippen molar-refractivity contribution in [1.82, 2.24) is 5.32 Å². The molecule has 1 nitrogen and oxygen atoms in total. The third-order valence-electron chi connectivity index (χ3n) is 3.07. The lowest BCUT2D eigenvalue weighted by atomic mass is 9.91. The Labute approximate surface area is 80.2 Å². The smallest absolute Gasteiger partial charge is 0.0294 e. The number of benzene rings is 1. The van der Waals surface area contributed by atoms with E-state index in [-0.39, 0.29) is 0 Å². The average molecular weight is 175 g/mol. The summed E-state index contributed by atoms with van der Waals surface area (Å²) in [4.78, 5) is 0. The fourth-order valence-corrected chi connectivity index (χ4v) is 2.05. The molecular weight excluding hydrogens is 158 g/mol. The third kappa shape index (κ3) is 1.49. The molecule has 0 spiro atoms. The second-order valence-corrected chi connectivity index (χ2v) is 4.06. The molecule has 0 saturated carbocycles. The van der Waals surface area contributed by atoms with Crippen LogP contribution < -0.4 is 5.32 Å². The highest BCUT2D eigenvalue weighted by Crippen LogP contribution is 2.25. The summed E-state index contributed by atoms with van der Waals surface area (Å²) >= 11 is 0. The van der Waals surface area contributed by atoms with E-state index in [1.54, 1.807) is 0 Å². The first-order valence-corrected chi connectivity index (χ1v) is 5.02. The Morgan fingerprint density at radius 1 is 1.23 bits per heavy atom. The van der Waals surface area contributed by atoms with Gasteiger partial charge in [-0.1, -0.05) is 12.1 Å².